The van der Waals surface area contributed by atoms with E-state index in [1.54, 1.807) is 11.3 Å². The topological polar surface area (TPSA) is 33.2 Å². The minimum atomic E-state index is -0.218. The largest absolute Gasteiger partial charge is 0.341 e. The molecule has 116 valence electrons. The lowest BCUT2D eigenvalue weighted by molar-refractivity contribution is -0.127. The number of aromatic nitrogens is 1. The molecule has 1 saturated heterocycles. The molecule has 0 aliphatic carbocycles. The van der Waals surface area contributed by atoms with Crippen molar-refractivity contribution in [2.45, 2.75) is 23.6 Å². The predicted octanol–water partition coefficient (Wildman–Crippen LogP) is 3.70. The summed E-state index contributed by atoms with van der Waals surface area (Å²) >= 11 is 3.08. The third-order valence-electron chi connectivity index (χ3n) is 3.80. The molecule has 1 aromatic carbocycles. The highest BCUT2D eigenvalue weighted by molar-refractivity contribution is 8.01. The Morgan fingerprint density at radius 3 is 2.91 bits per heavy atom. The summed E-state index contributed by atoms with van der Waals surface area (Å²) in [5.41, 5.74) is 2.11. The molecule has 1 aromatic heterocycles. The Labute approximate surface area is 137 Å². The molecule has 1 aliphatic rings. The Kier molecular flexibility index (Phi) is 4.78. The molecular weight excluding hydrogens is 319 g/mol. The van der Waals surface area contributed by atoms with Crippen LogP contribution < -0.4 is 0 Å². The van der Waals surface area contributed by atoms with E-state index in [2.05, 4.69) is 4.98 Å². The predicted molar refractivity (Wildman–Crippen MR) is 87.9 cm³/mol. The van der Waals surface area contributed by atoms with Crippen LogP contribution in [0.4, 0.5) is 4.39 Å². The van der Waals surface area contributed by atoms with Gasteiger partial charge in [-0.25, -0.2) is 9.37 Å². The van der Waals surface area contributed by atoms with Crippen LogP contribution in [0.3, 0.4) is 0 Å². The second kappa shape index (κ2) is 6.79. The van der Waals surface area contributed by atoms with Crippen LogP contribution in [0, 0.1) is 12.7 Å². The molecule has 2 heterocycles. The molecule has 22 heavy (non-hydrogen) atoms. The minimum absolute atomic E-state index is 0.155. The van der Waals surface area contributed by atoms with Crippen LogP contribution in [-0.2, 0) is 4.79 Å². The number of hydrogen-bond acceptors (Lipinski definition) is 4. The summed E-state index contributed by atoms with van der Waals surface area (Å²) in [7, 11) is 0. The number of likely N-dealkylation sites (tertiary alicyclic amines) is 1. The molecule has 3 nitrogen and oxygen atoms in total. The fourth-order valence-electron chi connectivity index (χ4n) is 2.61. The molecule has 0 radical (unpaired) electrons. The number of thiazole rings is 1. The summed E-state index contributed by atoms with van der Waals surface area (Å²) in [6, 6.07) is 6.61. The smallest absolute Gasteiger partial charge is 0.233 e. The standard InChI is InChI=1S/C16H17FN2OS2/c1-11-9-21-16(18-11)22-10-15(20)19-7-6-13(8-19)12-2-4-14(17)5-3-12/h2-5,9,13H,6-8,10H2,1H3/t13-/m0/s1. The zero-order chi connectivity index (χ0) is 15.5. The molecule has 1 amide bonds. The second-order valence-electron chi connectivity index (χ2n) is 5.42. The van der Waals surface area contributed by atoms with Crippen molar-refractivity contribution in [1.82, 2.24) is 9.88 Å². The van der Waals surface area contributed by atoms with E-state index in [1.807, 2.05) is 29.3 Å². The molecule has 3 rings (SSSR count). The highest BCUT2D eigenvalue weighted by atomic mass is 32.2. The third kappa shape index (κ3) is 3.67. The SMILES string of the molecule is Cc1csc(SCC(=O)N2CC[C@H](c3ccc(F)cc3)C2)n1. The maximum absolute atomic E-state index is 13.0. The Hall–Kier alpha value is -1.40. The molecule has 0 spiro atoms. The summed E-state index contributed by atoms with van der Waals surface area (Å²) in [6.45, 7) is 3.45. The van der Waals surface area contributed by atoms with Crippen molar-refractivity contribution in [3.63, 3.8) is 0 Å². The van der Waals surface area contributed by atoms with Gasteiger partial charge < -0.3 is 4.90 Å². The number of halogens is 1. The number of carbonyl (C=O) groups is 1. The molecular formula is C16H17FN2OS2. The lowest BCUT2D eigenvalue weighted by atomic mass is 9.99. The molecule has 2 aromatic rings. The van der Waals surface area contributed by atoms with Crippen molar-refractivity contribution in [2.24, 2.45) is 0 Å². The number of nitrogens with zero attached hydrogens (tertiary/aromatic N) is 2. The van der Waals surface area contributed by atoms with Gasteiger partial charge in [-0.1, -0.05) is 23.9 Å². The first-order chi connectivity index (χ1) is 10.6. The second-order valence-corrected chi connectivity index (χ2v) is 7.50. The van der Waals surface area contributed by atoms with Crippen molar-refractivity contribution in [2.75, 3.05) is 18.8 Å². The van der Waals surface area contributed by atoms with Gasteiger partial charge in [-0.05, 0) is 31.0 Å². The van der Waals surface area contributed by atoms with E-state index in [4.69, 9.17) is 0 Å². The molecule has 0 saturated carbocycles. The molecule has 1 atom stereocenters. The van der Waals surface area contributed by atoms with Crippen molar-refractivity contribution >= 4 is 29.0 Å². The van der Waals surface area contributed by atoms with Gasteiger partial charge in [-0.3, -0.25) is 4.79 Å². The highest BCUT2D eigenvalue weighted by Gasteiger charge is 2.27. The summed E-state index contributed by atoms with van der Waals surface area (Å²) in [6.07, 6.45) is 0.943. The van der Waals surface area contributed by atoms with E-state index in [-0.39, 0.29) is 11.7 Å². The zero-order valence-electron chi connectivity index (χ0n) is 12.3. The van der Waals surface area contributed by atoms with E-state index in [0.29, 0.717) is 11.7 Å². The number of aryl methyl sites for hydroxylation is 1. The number of thioether (sulfide) groups is 1. The molecule has 0 N–H and O–H groups in total. The summed E-state index contributed by atoms with van der Waals surface area (Å²) in [5, 5.41) is 1.99. The van der Waals surface area contributed by atoms with Gasteiger partial charge in [0.05, 0.1) is 5.75 Å². The van der Waals surface area contributed by atoms with Crippen LogP contribution in [0.1, 0.15) is 23.6 Å². The van der Waals surface area contributed by atoms with E-state index in [1.165, 1.54) is 23.9 Å². The maximum Gasteiger partial charge on any atom is 0.233 e. The number of benzene rings is 1. The number of rotatable bonds is 4. The number of amides is 1. The first kappa shape index (κ1) is 15.5. The first-order valence-electron chi connectivity index (χ1n) is 7.20. The van der Waals surface area contributed by atoms with Crippen LogP contribution in [-0.4, -0.2) is 34.6 Å². The van der Waals surface area contributed by atoms with Crippen molar-refractivity contribution in [3.8, 4) is 0 Å². The molecule has 0 unspecified atom stereocenters. The molecule has 0 bridgehead atoms. The van der Waals surface area contributed by atoms with E-state index < -0.39 is 0 Å². The first-order valence-corrected chi connectivity index (χ1v) is 9.06. The molecule has 1 fully saturated rings. The average Bonchev–Trinajstić information content (AvgIpc) is 3.15. The fourth-order valence-corrected chi connectivity index (χ4v) is 4.36. The normalized spacial score (nSPS) is 17.9. The lowest BCUT2D eigenvalue weighted by Gasteiger charge is -2.16. The fraction of sp³-hybridized carbons (Fsp3) is 0.375. The van der Waals surface area contributed by atoms with Gasteiger partial charge >= 0.3 is 0 Å². The monoisotopic (exact) mass is 336 g/mol. The average molecular weight is 336 g/mol. The van der Waals surface area contributed by atoms with E-state index in [0.717, 1.165) is 35.1 Å². The molecule has 1 aliphatic heterocycles. The van der Waals surface area contributed by atoms with Crippen molar-refractivity contribution in [3.05, 3.63) is 46.7 Å². The van der Waals surface area contributed by atoms with Crippen LogP contribution in [0.15, 0.2) is 34.0 Å². The third-order valence-corrected chi connectivity index (χ3v) is 5.92. The van der Waals surface area contributed by atoms with Gasteiger partial charge in [-0.15, -0.1) is 11.3 Å². The van der Waals surface area contributed by atoms with Crippen LogP contribution in [0.2, 0.25) is 0 Å². The quantitative estimate of drug-likeness (QED) is 0.798. The van der Waals surface area contributed by atoms with E-state index in [9.17, 15) is 9.18 Å². The minimum Gasteiger partial charge on any atom is -0.341 e. The van der Waals surface area contributed by atoms with Gasteiger partial charge in [0.2, 0.25) is 5.91 Å². The Balaban J connectivity index is 1.53. The van der Waals surface area contributed by atoms with Crippen LogP contribution >= 0.6 is 23.1 Å². The van der Waals surface area contributed by atoms with Gasteiger partial charge in [0.1, 0.15) is 5.82 Å². The van der Waals surface area contributed by atoms with Gasteiger partial charge in [0.25, 0.3) is 0 Å². The van der Waals surface area contributed by atoms with Gasteiger partial charge in [-0.2, -0.15) is 0 Å². The van der Waals surface area contributed by atoms with Crippen molar-refractivity contribution in [1.29, 1.82) is 0 Å². The Morgan fingerprint density at radius 1 is 1.45 bits per heavy atom. The van der Waals surface area contributed by atoms with Crippen LogP contribution in [0.25, 0.3) is 0 Å². The summed E-state index contributed by atoms with van der Waals surface area (Å²) in [4.78, 5) is 18.5. The lowest BCUT2D eigenvalue weighted by Crippen LogP contribution is -2.29. The molecule has 6 heteroatoms. The summed E-state index contributed by atoms with van der Waals surface area (Å²) < 4.78 is 13.9. The highest BCUT2D eigenvalue weighted by Crippen LogP contribution is 2.29. The number of hydrogen-bond donors (Lipinski definition) is 0. The maximum atomic E-state index is 13.0. The zero-order valence-corrected chi connectivity index (χ0v) is 13.9. The summed E-state index contributed by atoms with van der Waals surface area (Å²) in [5.74, 6) is 0.687. The van der Waals surface area contributed by atoms with Gasteiger partial charge in [0, 0.05) is 30.1 Å². The Bertz CT molecular complexity index is 656. The van der Waals surface area contributed by atoms with Gasteiger partial charge in [0.15, 0.2) is 4.34 Å². The van der Waals surface area contributed by atoms with Crippen molar-refractivity contribution < 1.29 is 9.18 Å². The Morgan fingerprint density at radius 2 is 2.23 bits per heavy atom. The van der Waals surface area contributed by atoms with Crippen LogP contribution in [0.5, 0.6) is 0 Å². The number of carbonyl (C=O) groups excluding carboxylic acids is 1. The van der Waals surface area contributed by atoms with E-state index >= 15 is 0 Å².